The number of alkyl carbamates (subject to hydrolysis) is 1. The summed E-state index contributed by atoms with van der Waals surface area (Å²) in [5.41, 5.74) is 3.94. The average Bonchev–Trinajstić information content (AvgIpc) is 3.03. The molecule has 0 spiro atoms. The van der Waals surface area contributed by atoms with Crippen LogP contribution in [0.5, 0.6) is 0 Å². The van der Waals surface area contributed by atoms with Crippen LogP contribution in [0, 0.1) is 0 Å². The molecule has 21 heavy (non-hydrogen) atoms. The average molecular weight is 289 g/mol. The van der Waals surface area contributed by atoms with Gasteiger partial charge in [-0.05, 0) is 50.7 Å². The highest BCUT2D eigenvalue weighted by Gasteiger charge is 2.25. The lowest BCUT2D eigenvalue weighted by atomic mass is 9.94. The molecule has 5 nitrogen and oxygen atoms in total. The number of amides is 1. The first-order valence-corrected chi connectivity index (χ1v) is 7.56. The van der Waals surface area contributed by atoms with Crippen LogP contribution < -0.4 is 10.6 Å². The molecule has 1 aromatic rings. The molecule has 2 aliphatic rings. The first-order chi connectivity index (χ1) is 10.1. The largest absolute Gasteiger partial charge is 0.447 e. The van der Waals surface area contributed by atoms with Crippen molar-refractivity contribution in [3.8, 4) is 0 Å². The van der Waals surface area contributed by atoms with E-state index in [0.29, 0.717) is 12.5 Å². The van der Waals surface area contributed by atoms with E-state index < -0.39 is 0 Å². The summed E-state index contributed by atoms with van der Waals surface area (Å²) in [4.78, 5) is 13.3. The van der Waals surface area contributed by atoms with E-state index in [-0.39, 0.29) is 12.1 Å². The Morgan fingerprint density at radius 1 is 1.38 bits per heavy atom. The van der Waals surface area contributed by atoms with Crippen molar-refractivity contribution in [1.29, 1.82) is 0 Å². The standard InChI is InChI=1S/C16H23N3O2/c1-19(2)6-5-12-9-17-15-4-3-11(8-14(12)15)7-13-10-21-16(20)18-13/h3-4,8,12-13,17H,5-7,9-10H2,1-2H3,(H,18,20)/t12?,13-/m0/s1. The molecule has 0 saturated carbocycles. The summed E-state index contributed by atoms with van der Waals surface area (Å²) in [5, 5.41) is 6.33. The molecule has 1 unspecified atom stereocenters. The van der Waals surface area contributed by atoms with Gasteiger partial charge in [0.2, 0.25) is 0 Å². The summed E-state index contributed by atoms with van der Waals surface area (Å²) in [7, 11) is 4.23. The number of benzene rings is 1. The van der Waals surface area contributed by atoms with E-state index in [1.165, 1.54) is 23.2 Å². The van der Waals surface area contributed by atoms with E-state index in [2.05, 4.69) is 47.8 Å². The van der Waals surface area contributed by atoms with Crippen molar-refractivity contribution in [3.05, 3.63) is 29.3 Å². The Balaban J connectivity index is 1.68. The van der Waals surface area contributed by atoms with E-state index in [9.17, 15) is 4.79 Å². The molecule has 3 rings (SSSR count). The summed E-state index contributed by atoms with van der Waals surface area (Å²) >= 11 is 0. The molecule has 0 radical (unpaired) electrons. The highest BCUT2D eigenvalue weighted by molar-refractivity contribution is 5.69. The molecule has 2 atom stereocenters. The van der Waals surface area contributed by atoms with Crippen LogP contribution in [-0.4, -0.2) is 50.8 Å². The minimum absolute atomic E-state index is 0.102. The molecule has 1 saturated heterocycles. The van der Waals surface area contributed by atoms with Gasteiger partial charge in [-0.1, -0.05) is 12.1 Å². The molecule has 0 aliphatic carbocycles. The zero-order valence-electron chi connectivity index (χ0n) is 12.7. The van der Waals surface area contributed by atoms with Crippen molar-refractivity contribution in [2.75, 3.05) is 39.1 Å². The number of cyclic esters (lactones) is 1. The molecule has 1 amide bonds. The zero-order chi connectivity index (χ0) is 14.8. The van der Waals surface area contributed by atoms with Gasteiger partial charge in [0.25, 0.3) is 0 Å². The van der Waals surface area contributed by atoms with Crippen LogP contribution in [0.1, 0.15) is 23.5 Å². The predicted octanol–water partition coefficient (Wildman–Crippen LogP) is 1.80. The monoisotopic (exact) mass is 289 g/mol. The van der Waals surface area contributed by atoms with Crippen LogP contribution in [0.25, 0.3) is 0 Å². The second-order valence-corrected chi connectivity index (χ2v) is 6.24. The number of ether oxygens (including phenoxy) is 1. The molecular weight excluding hydrogens is 266 g/mol. The first kappa shape index (κ1) is 14.2. The molecule has 1 fully saturated rings. The van der Waals surface area contributed by atoms with Crippen molar-refractivity contribution >= 4 is 11.8 Å². The number of hydrogen-bond donors (Lipinski definition) is 2. The van der Waals surface area contributed by atoms with Gasteiger partial charge in [0, 0.05) is 18.2 Å². The highest BCUT2D eigenvalue weighted by atomic mass is 16.6. The van der Waals surface area contributed by atoms with Crippen LogP contribution in [0.15, 0.2) is 18.2 Å². The van der Waals surface area contributed by atoms with E-state index in [4.69, 9.17) is 4.74 Å². The number of carbonyl (C=O) groups excluding carboxylic acids is 1. The van der Waals surface area contributed by atoms with Crippen LogP contribution in [0.3, 0.4) is 0 Å². The summed E-state index contributed by atoms with van der Waals surface area (Å²) < 4.78 is 4.95. The molecule has 114 valence electrons. The number of anilines is 1. The molecule has 1 aromatic carbocycles. The van der Waals surface area contributed by atoms with Crippen LogP contribution in [0.2, 0.25) is 0 Å². The van der Waals surface area contributed by atoms with Gasteiger partial charge in [0.05, 0.1) is 6.04 Å². The van der Waals surface area contributed by atoms with Crippen molar-refractivity contribution in [1.82, 2.24) is 10.2 Å². The van der Waals surface area contributed by atoms with E-state index in [1.807, 2.05) is 0 Å². The Morgan fingerprint density at radius 3 is 2.95 bits per heavy atom. The smallest absolute Gasteiger partial charge is 0.407 e. The van der Waals surface area contributed by atoms with Gasteiger partial charge in [-0.2, -0.15) is 0 Å². The summed E-state index contributed by atoms with van der Waals surface area (Å²) in [5.74, 6) is 0.580. The topological polar surface area (TPSA) is 53.6 Å². The molecule has 2 aliphatic heterocycles. The lowest BCUT2D eigenvalue weighted by Gasteiger charge is -2.15. The fourth-order valence-electron chi connectivity index (χ4n) is 3.07. The Labute approximate surface area is 125 Å². The predicted molar refractivity (Wildman–Crippen MR) is 82.8 cm³/mol. The second kappa shape index (κ2) is 5.93. The maximum Gasteiger partial charge on any atom is 0.407 e. The number of nitrogens with one attached hydrogen (secondary N) is 2. The normalized spacial score (nSPS) is 23.7. The Morgan fingerprint density at radius 2 is 2.24 bits per heavy atom. The van der Waals surface area contributed by atoms with Gasteiger partial charge >= 0.3 is 6.09 Å². The molecule has 2 heterocycles. The van der Waals surface area contributed by atoms with Gasteiger partial charge in [0.15, 0.2) is 0 Å². The summed E-state index contributed by atoms with van der Waals surface area (Å²) in [6.07, 6.45) is 1.70. The molecular formula is C16H23N3O2. The second-order valence-electron chi connectivity index (χ2n) is 6.24. The lowest BCUT2D eigenvalue weighted by Crippen LogP contribution is -2.28. The third kappa shape index (κ3) is 3.29. The molecule has 0 bridgehead atoms. The number of rotatable bonds is 5. The zero-order valence-corrected chi connectivity index (χ0v) is 12.7. The van der Waals surface area contributed by atoms with E-state index in [0.717, 1.165) is 19.5 Å². The molecule has 5 heteroatoms. The Hall–Kier alpha value is -1.75. The third-order valence-corrected chi connectivity index (χ3v) is 4.24. The number of nitrogens with zero attached hydrogens (tertiary/aromatic N) is 1. The van der Waals surface area contributed by atoms with Gasteiger partial charge in [0.1, 0.15) is 6.61 Å². The molecule has 0 aromatic heterocycles. The van der Waals surface area contributed by atoms with Gasteiger partial charge < -0.3 is 20.3 Å². The van der Waals surface area contributed by atoms with Crippen LogP contribution in [0.4, 0.5) is 10.5 Å². The highest BCUT2D eigenvalue weighted by Crippen LogP contribution is 2.34. The minimum atomic E-state index is -0.299. The van der Waals surface area contributed by atoms with Gasteiger partial charge in [-0.3, -0.25) is 0 Å². The lowest BCUT2D eigenvalue weighted by molar-refractivity contribution is 0.177. The van der Waals surface area contributed by atoms with Crippen LogP contribution in [-0.2, 0) is 11.2 Å². The summed E-state index contributed by atoms with van der Waals surface area (Å²) in [6, 6.07) is 6.70. The van der Waals surface area contributed by atoms with Crippen molar-refractivity contribution in [3.63, 3.8) is 0 Å². The van der Waals surface area contributed by atoms with Crippen molar-refractivity contribution in [2.24, 2.45) is 0 Å². The fraction of sp³-hybridized carbons (Fsp3) is 0.562. The number of carbonyl (C=O) groups is 1. The van der Waals surface area contributed by atoms with Crippen LogP contribution >= 0.6 is 0 Å². The number of hydrogen-bond acceptors (Lipinski definition) is 4. The molecule has 2 N–H and O–H groups in total. The maximum atomic E-state index is 11.1. The van der Waals surface area contributed by atoms with E-state index in [1.54, 1.807) is 0 Å². The SMILES string of the molecule is CN(C)CCC1CNc2ccc(C[C@H]3COC(=O)N3)cc21. The quantitative estimate of drug-likeness (QED) is 0.868. The van der Waals surface area contributed by atoms with Gasteiger partial charge in [-0.15, -0.1) is 0 Å². The minimum Gasteiger partial charge on any atom is -0.447 e. The van der Waals surface area contributed by atoms with Gasteiger partial charge in [-0.25, -0.2) is 4.79 Å². The Bertz CT molecular complexity index is 530. The maximum absolute atomic E-state index is 11.1. The fourth-order valence-corrected chi connectivity index (χ4v) is 3.07. The summed E-state index contributed by atoms with van der Waals surface area (Å²) in [6.45, 7) is 2.59. The first-order valence-electron chi connectivity index (χ1n) is 7.56. The van der Waals surface area contributed by atoms with Crippen molar-refractivity contribution in [2.45, 2.75) is 24.8 Å². The number of fused-ring (bicyclic) bond motifs is 1. The van der Waals surface area contributed by atoms with Crippen molar-refractivity contribution < 1.29 is 9.53 Å². The third-order valence-electron chi connectivity index (χ3n) is 4.24. The van der Waals surface area contributed by atoms with E-state index >= 15 is 0 Å². The Kier molecular flexibility index (Phi) is 4.01.